The van der Waals surface area contributed by atoms with E-state index >= 15 is 0 Å². The first-order valence-corrected chi connectivity index (χ1v) is 5.66. The van der Waals surface area contributed by atoms with Crippen molar-refractivity contribution in [2.45, 2.75) is 25.8 Å². The molecule has 1 aromatic heterocycles. The monoisotopic (exact) mass is 208 g/mol. The molecule has 2 heterocycles. The Hall–Kier alpha value is -1.03. The molecule has 0 spiro atoms. The highest BCUT2D eigenvalue weighted by atomic mass is 15.3. The van der Waals surface area contributed by atoms with E-state index in [1.807, 2.05) is 19.4 Å². The number of piperidine rings is 1. The highest BCUT2D eigenvalue weighted by Crippen LogP contribution is 2.25. The average molecular weight is 208 g/mol. The van der Waals surface area contributed by atoms with Crippen molar-refractivity contribution in [2.75, 3.05) is 18.0 Å². The standard InChI is InChI=1S/C11H20N4/c1-9-3-5-15(10(7-9)8-12)11-13-4-6-14(11)2/h4,6,9-10H,3,5,7-8,12H2,1-2H3. The second-order valence-electron chi connectivity index (χ2n) is 4.55. The molecule has 0 radical (unpaired) electrons. The predicted molar refractivity (Wildman–Crippen MR) is 61.8 cm³/mol. The quantitative estimate of drug-likeness (QED) is 0.788. The van der Waals surface area contributed by atoms with Gasteiger partial charge in [-0.1, -0.05) is 6.92 Å². The summed E-state index contributed by atoms with van der Waals surface area (Å²) in [5, 5.41) is 0. The summed E-state index contributed by atoms with van der Waals surface area (Å²) in [6.07, 6.45) is 6.26. The molecule has 84 valence electrons. The Balaban J connectivity index is 2.17. The third kappa shape index (κ3) is 2.00. The van der Waals surface area contributed by atoms with Gasteiger partial charge in [-0.3, -0.25) is 0 Å². The minimum atomic E-state index is 0.454. The molecule has 0 bridgehead atoms. The number of rotatable bonds is 2. The van der Waals surface area contributed by atoms with Gasteiger partial charge in [0, 0.05) is 38.6 Å². The SMILES string of the molecule is CC1CCN(c2nccn2C)C(CN)C1. The molecule has 0 aliphatic carbocycles. The van der Waals surface area contributed by atoms with E-state index in [1.54, 1.807) is 0 Å². The molecule has 0 aromatic carbocycles. The number of nitrogens with zero attached hydrogens (tertiary/aromatic N) is 3. The molecule has 4 nitrogen and oxygen atoms in total. The highest BCUT2D eigenvalue weighted by molar-refractivity contribution is 5.33. The lowest BCUT2D eigenvalue weighted by molar-refractivity contribution is 0.361. The Kier molecular flexibility index (Phi) is 2.95. The molecule has 1 aliphatic rings. The maximum atomic E-state index is 5.83. The number of aromatic nitrogens is 2. The van der Waals surface area contributed by atoms with Crippen LogP contribution in [0.1, 0.15) is 19.8 Å². The largest absolute Gasteiger partial charge is 0.338 e. The fourth-order valence-corrected chi connectivity index (χ4v) is 2.37. The van der Waals surface area contributed by atoms with E-state index in [9.17, 15) is 0 Å². The Morgan fingerprint density at radius 1 is 1.60 bits per heavy atom. The summed E-state index contributed by atoms with van der Waals surface area (Å²) >= 11 is 0. The van der Waals surface area contributed by atoms with Crippen LogP contribution in [-0.4, -0.2) is 28.7 Å². The predicted octanol–water partition coefficient (Wildman–Crippen LogP) is 0.984. The number of nitrogens with two attached hydrogens (primary N) is 1. The van der Waals surface area contributed by atoms with Crippen LogP contribution >= 0.6 is 0 Å². The van der Waals surface area contributed by atoms with Crippen LogP contribution < -0.4 is 10.6 Å². The van der Waals surface area contributed by atoms with Crippen molar-refractivity contribution in [3.63, 3.8) is 0 Å². The van der Waals surface area contributed by atoms with Gasteiger partial charge in [-0.25, -0.2) is 4.98 Å². The second kappa shape index (κ2) is 4.23. The Morgan fingerprint density at radius 3 is 3.00 bits per heavy atom. The fraction of sp³-hybridized carbons (Fsp3) is 0.727. The fourth-order valence-electron chi connectivity index (χ4n) is 2.37. The van der Waals surface area contributed by atoms with E-state index in [4.69, 9.17) is 5.73 Å². The second-order valence-corrected chi connectivity index (χ2v) is 4.55. The zero-order valence-electron chi connectivity index (χ0n) is 9.56. The number of hydrogen-bond donors (Lipinski definition) is 1. The van der Waals surface area contributed by atoms with Crippen molar-refractivity contribution in [1.82, 2.24) is 9.55 Å². The maximum absolute atomic E-state index is 5.83. The van der Waals surface area contributed by atoms with Gasteiger partial charge >= 0.3 is 0 Å². The Bertz CT molecular complexity index is 320. The van der Waals surface area contributed by atoms with Crippen molar-refractivity contribution in [3.8, 4) is 0 Å². The molecular formula is C11H20N4. The Morgan fingerprint density at radius 2 is 2.40 bits per heavy atom. The average Bonchev–Trinajstić information content (AvgIpc) is 2.64. The zero-order valence-corrected chi connectivity index (χ0v) is 9.56. The van der Waals surface area contributed by atoms with Gasteiger partial charge in [0.15, 0.2) is 0 Å². The first-order chi connectivity index (χ1) is 7.22. The van der Waals surface area contributed by atoms with Gasteiger partial charge in [0.1, 0.15) is 0 Å². The number of aryl methyl sites for hydroxylation is 1. The van der Waals surface area contributed by atoms with E-state index in [-0.39, 0.29) is 0 Å². The lowest BCUT2D eigenvalue weighted by atomic mass is 9.93. The molecule has 2 rings (SSSR count). The van der Waals surface area contributed by atoms with Crippen molar-refractivity contribution in [3.05, 3.63) is 12.4 Å². The van der Waals surface area contributed by atoms with Crippen molar-refractivity contribution >= 4 is 5.95 Å². The number of hydrogen-bond acceptors (Lipinski definition) is 3. The van der Waals surface area contributed by atoms with Crippen molar-refractivity contribution in [2.24, 2.45) is 18.7 Å². The summed E-state index contributed by atoms with van der Waals surface area (Å²) in [5.74, 6) is 1.84. The van der Waals surface area contributed by atoms with Gasteiger partial charge in [0.05, 0.1) is 0 Å². The van der Waals surface area contributed by atoms with Crippen LogP contribution in [0.4, 0.5) is 5.95 Å². The highest BCUT2D eigenvalue weighted by Gasteiger charge is 2.27. The number of imidazole rings is 1. The van der Waals surface area contributed by atoms with Crippen molar-refractivity contribution in [1.29, 1.82) is 0 Å². The normalized spacial score (nSPS) is 27.0. The molecule has 1 fully saturated rings. The molecule has 4 heteroatoms. The summed E-state index contributed by atoms with van der Waals surface area (Å²) in [4.78, 5) is 6.74. The molecule has 2 atom stereocenters. The van der Waals surface area contributed by atoms with Crippen LogP contribution in [0.15, 0.2) is 12.4 Å². The zero-order chi connectivity index (χ0) is 10.8. The summed E-state index contributed by atoms with van der Waals surface area (Å²) in [6, 6.07) is 0.454. The van der Waals surface area contributed by atoms with Gasteiger partial charge in [-0.2, -0.15) is 0 Å². The third-order valence-electron chi connectivity index (χ3n) is 3.30. The van der Waals surface area contributed by atoms with Crippen LogP contribution in [0.25, 0.3) is 0 Å². The van der Waals surface area contributed by atoms with E-state index in [1.165, 1.54) is 12.8 Å². The first kappa shape index (κ1) is 10.5. The third-order valence-corrected chi connectivity index (χ3v) is 3.30. The summed E-state index contributed by atoms with van der Waals surface area (Å²) < 4.78 is 2.07. The Labute approximate surface area is 91.1 Å². The van der Waals surface area contributed by atoms with Crippen LogP contribution in [0.3, 0.4) is 0 Å². The smallest absolute Gasteiger partial charge is 0.205 e. The van der Waals surface area contributed by atoms with Crippen molar-refractivity contribution < 1.29 is 0 Å². The molecule has 2 unspecified atom stereocenters. The summed E-state index contributed by atoms with van der Waals surface area (Å²) in [6.45, 7) is 4.10. The topological polar surface area (TPSA) is 47.1 Å². The minimum Gasteiger partial charge on any atom is -0.338 e. The van der Waals surface area contributed by atoms with Gasteiger partial charge in [-0.05, 0) is 18.8 Å². The molecule has 0 saturated carbocycles. The van der Waals surface area contributed by atoms with E-state index in [2.05, 4.69) is 21.4 Å². The van der Waals surface area contributed by atoms with Crippen LogP contribution in [-0.2, 0) is 7.05 Å². The first-order valence-electron chi connectivity index (χ1n) is 5.66. The van der Waals surface area contributed by atoms with Gasteiger partial charge in [0.25, 0.3) is 0 Å². The van der Waals surface area contributed by atoms with E-state index in [0.29, 0.717) is 6.04 Å². The molecule has 1 aromatic rings. The lowest BCUT2D eigenvalue weighted by Crippen LogP contribution is -2.47. The number of anilines is 1. The van der Waals surface area contributed by atoms with E-state index < -0.39 is 0 Å². The van der Waals surface area contributed by atoms with Crippen LogP contribution in [0.5, 0.6) is 0 Å². The van der Waals surface area contributed by atoms with Gasteiger partial charge < -0.3 is 15.2 Å². The van der Waals surface area contributed by atoms with E-state index in [0.717, 1.165) is 25.0 Å². The molecular weight excluding hydrogens is 188 g/mol. The van der Waals surface area contributed by atoms with Gasteiger partial charge in [-0.15, -0.1) is 0 Å². The minimum absolute atomic E-state index is 0.454. The summed E-state index contributed by atoms with van der Waals surface area (Å²) in [5.41, 5.74) is 5.83. The summed E-state index contributed by atoms with van der Waals surface area (Å²) in [7, 11) is 2.04. The van der Waals surface area contributed by atoms with Gasteiger partial charge in [0.2, 0.25) is 5.95 Å². The molecule has 1 saturated heterocycles. The lowest BCUT2D eigenvalue weighted by Gasteiger charge is -2.38. The molecule has 15 heavy (non-hydrogen) atoms. The van der Waals surface area contributed by atoms with Crippen LogP contribution in [0, 0.1) is 5.92 Å². The molecule has 1 aliphatic heterocycles. The molecule has 2 N–H and O–H groups in total. The maximum Gasteiger partial charge on any atom is 0.205 e. The van der Waals surface area contributed by atoms with Crippen LogP contribution in [0.2, 0.25) is 0 Å². The molecule has 0 amide bonds.